The molecule has 0 aliphatic carbocycles. The van der Waals surface area contributed by atoms with Gasteiger partial charge in [-0.3, -0.25) is 19.9 Å². The van der Waals surface area contributed by atoms with Crippen LogP contribution in [0.15, 0.2) is 24.5 Å². The first kappa shape index (κ1) is 18.5. The topological polar surface area (TPSA) is 120 Å². The standard InChI is InChI=1S/C18H22N8O2S/c1-17(2)12(13-21-23-24-22-13)25-15(28)11(16(25)29-17)26-14(27)10(20-18(26,3)4)9-6-5-7-19-8-9/h5-8,10-12,16,20H,1-4H3,(H,21,22,23,24)/t10?,11?,12?,16-/m0/s1. The van der Waals surface area contributed by atoms with Crippen LogP contribution in [0.2, 0.25) is 0 Å². The van der Waals surface area contributed by atoms with Crippen molar-refractivity contribution in [3.05, 3.63) is 35.9 Å². The minimum Gasteiger partial charge on any atom is -0.314 e. The van der Waals surface area contributed by atoms with Crippen molar-refractivity contribution in [3.63, 3.8) is 0 Å². The van der Waals surface area contributed by atoms with Crippen LogP contribution in [0.5, 0.6) is 0 Å². The summed E-state index contributed by atoms with van der Waals surface area (Å²) in [6, 6.07) is 2.36. The highest BCUT2D eigenvalue weighted by molar-refractivity contribution is 8.01. The lowest BCUT2D eigenvalue weighted by molar-refractivity contribution is -0.165. The number of β-lactam (4-membered cyclic amide) rings is 1. The molecule has 0 bridgehead atoms. The molecule has 3 saturated heterocycles. The second kappa shape index (κ2) is 5.99. The van der Waals surface area contributed by atoms with Crippen molar-refractivity contribution in [2.45, 2.75) is 61.6 Å². The zero-order valence-electron chi connectivity index (χ0n) is 16.5. The number of carbonyl (C=O) groups is 2. The Balaban J connectivity index is 1.47. The Morgan fingerprint density at radius 2 is 1.97 bits per heavy atom. The van der Waals surface area contributed by atoms with Gasteiger partial charge in [0.2, 0.25) is 11.8 Å². The first-order valence-electron chi connectivity index (χ1n) is 9.47. The van der Waals surface area contributed by atoms with Crippen molar-refractivity contribution in [1.29, 1.82) is 0 Å². The maximum absolute atomic E-state index is 13.4. The molecule has 0 spiro atoms. The van der Waals surface area contributed by atoms with Crippen molar-refractivity contribution in [1.82, 2.24) is 40.7 Å². The smallest absolute Gasteiger partial charge is 0.250 e. The van der Waals surface area contributed by atoms with Gasteiger partial charge in [-0.2, -0.15) is 0 Å². The number of aromatic nitrogens is 5. The largest absolute Gasteiger partial charge is 0.314 e. The van der Waals surface area contributed by atoms with Gasteiger partial charge >= 0.3 is 0 Å². The van der Waals surface area contributed by atoms with Gasteiger partial charge in [-0.1, -0.05) is 6.07 Å². The van der Waals surface area contributed by atoms with Crippen molar-refractivity contribution in [2.75, 3.05) is 0 Å². The van der Waals surface area contributed by atoms with Crippen molar-refractivity contribution in [3.8, 4) is 0 Å². The van der Waals surface area contributed by atoms with Gasteiger partial charge in [0.1, 0.15) is 23.5 Å². The predicted octanol–water partition coefficient (Wildman–Crippen LogP) is 0.607. The summed E-state index contributed by atoms with van der Waals surface area (Å²) in [5.74, 6) is 0.379. The Morgan fingerprint density at radius 1 is 1.17 bits per heavy atom. The summed E-state index contributed by atoms with van der Waals surface area (Å²) in [6.45, 7) is 8.00. The Morgan fingerprint density at radius 3 is 2.62 bits per heavy atom. The SMILES string of the molecule is CC1(C)S[C@H]2C(N3C(=O)C(c4cccnc4)NC3(C)C)C(=O)N2C1c1nnn[nH]1. The summed E-state index contributed by atoms with van der Waals surface area (Å²) < 4.78 is -0.292. The highest BCUT2D eigenvalue weighted by atomic mass is 32.2. The summed E-state index contributed by atoms with van der Waals surface area (Å²) in [6.07, 6.45) is 3.36. The molecular weight excluding hydrogens is 392 g/mol. The molecule has 2 aromatic heterocycles. The van der Waals surface area contributed by atoms with E-state index in [9.17, 15) is 9.59 Å². The van der Waals surface area contributed by atoms with Gasteiger partial charge < -0.3 is 9.80 Å². The second-order valence-corrected chi connectivity index (χ2v) is 10.4. The zero-order chi connectivity index (χ0) is 20.6. The molecule has 3 fully saturated rings. The molecule has 5 rings (SSSR count). The molecule has 11 heteroatoms. The van der Waals surface area contributed by atoms with Gasteiger partial charge in [0.25, 0.3) is 0 Å². The van der Waals surface area contributed by atoms with Crippen LogP contribution in [-0.4, -0.2) is 69.0 Å². The van der Waals surface area contributed by atoms with Crippen LogP contribution in [-0.2, 0) is 9.59 Å². The second-order valence-electron chi connectivity index (χ2n) is 8.62. The van der Waals surface area contributed by atoms with Gasteiger partial charge in [0.15, 0.2) is 5.82 Å². The summed E-state index contributed by atoms with van der Waals surface area (Å²) in [4.78, 5) is 34.3. The number of amides is 2. The lowest BCUT2D eigenvalue weighted by atomic mass is 9.93. The molecule has 2 amide bonds. The number of tetrazole rings is 1. The molecule has 0 saturated carbocycles. The van der Waals surface area contributed by atoms with E-state index in [1.165, 1.54) is 0 Å². The van der Waals surface area contributed by atoms with Crippen LogP contribution in [0.3, 0.4) is 0 Å². The highest BCUT2D eigenvalue weighted by Crippen LogP contribution is 2.58. The van der Waals surface area contributed by atoms with Gasteiger partial charge in [0.05, 0.1) is 5.66 Å². The normalized spacial score (nSPS) is 32.4. The molecule has 152 valence electrons. The third kappa shape index (κ3) is 2.53. The third-order valence-corrected chi connectivity index (χ3v) is 7.47. The van der Waals surface area contributed by atoms with Crippen LogP contribution in [0.4, 0.5) is 0 Å². The van der Waals surface area contributed by atoms with E-state index in [-0.39, 0.29) is 28.0 Å². The minimum atomic E-state index is -0.666. The number of H-pyrrole nitrogens is 1. The van der Waals surface area contributed by atoms with Gasteiger partial charge in [-0.05, 0) is 49.8 Å². The number of carbonyl (C=O) groups excluding carboxylic acids is 2. The molecule has 3 aliphatic rings. The van der Waals surface area contributed by atoms with Crippen LogP contribution in [0.25, 0.3) is 0 Å². The van der Waals surface area contributed by atoms with E-state index in [1.54, 1.807) is 34.0 Å². The number of rotatable bonds is 3. The molecule has 29 heavy (non-hydrogen) atoms. The van der Waals surface area contributed by atoms with E-state index < -0.39 is 17.7 Å². The molecular formula is C18H22N8O2S. The predicted molar refractivity (Wildman–Crippen MR) is 104 cm³/mol. The van der Waals surface area contributed by atoms with Crippen LogP contribution >= 0.6 is 11.8 Å². The lowest BCUT2D eigenvalue weighted by Gasteiger charge is -2.50. The van der Waals surface area contributed by atoms with E-state index in [2.05, 4.69) is 44.8 Å². The number of fused-ring (bicyclic) bond motifs is 1. The number of hydrogen-bond acceptors (Lipinski definition) is 8. The molecule has 0 aromatic carbocycles. The maximum atomic E-state index is 13.4. The number of nitrogens with one attached hydrogen (secondary N) is 2. The van der Waals surface area contributed by atoms with Crippen molar-refractivity contribution < 1.29 is 9.59 Å². The van der Waals surface area contributed by atoms with Crippen LogP contribution < -0.4 is 5.32 Å². The average molecular weight is 414 g/mol. The maximum Gasteiger partial charge on any atom is 0.250 e. The number of aromatic amines is 1. The number of pyridine rings is 1. The fraction of sp³-hybridized carbons (Fsp3) is 0.556. The third-order valence-electron chi connectivity index (χ3n) is 5.91. The Kier molecular flexibility index (Phi) is 3.82. The van der Waals surface area contributed by atoms with Crippen molar-refractivity contribution in [2.24, 2.45) is 0 Å². The van der Waals surface area contributed by atoms with Crippen LogP contribution in [0, 0.1) is 0 Å². The Bertz CT molecular complexity index is 964. The Labute approximate surface area is 171 Å². The first-order chi connectivity index (χ1) is 13.7. The molecule has 0 radical (unpaired) electrons. The molecule has 3 aliphatic heterocycles. The zero-order valence-corrected chi connectivity index (χ0v) is 17.3. The molecule has 5 heterocycles. The Hall–Kier alpha value is -2.53. The quantitative estimate of drug-likeness (QED) is 0.701. The fourth-order valence-electron chi connectivity index (χ4n) is 4.71. The van der Waals surface area contributed by atoms with Gasteiger partial charge in [-0.15, -0.1) is 16.9 Å². The summed E-state index contributed by atoms with van der Waals surface area (Å²) in [5.41, 5.74) is 0.127. The summed E-state index contributed by atoms with van der Waals surface area (Å²) in [5, 5.41) is 17.4. The molecule has 4 atom stereocenters. The van der Waals surface area contributed by atoms with E-state index in [0.717, 1.165) is 5.56 Å². The molecule has 3 unspecified atom stereocenters. The summed E-state index contributed by atoms with van der Waals surface area (Å²) in [7, 11) is 0. The first-order valence-corrected chi connectivity index (χ1v) is 10.3. The number of hydrogen-bond donors (Lipinski definition) is 2. The number of nitrogens with zero attached hydrogens (tertiary/aromatic N) is 6. The van der Waals surface area contributed by atoms with E-state index >= 15 is 0 Å². The molecule has 10 nitrogen and oxygen atoms in total. The van der Waals surface area contributed by atoms with Crippen molar-refractivity contribution >= 4 is 23.6 Å². The minimum absolute atomic E-state index is 0.0791. The van der Waals surface area contributed by atoms with E-state index in [0.29, 0.717) is 5.82 Å². The van der Waals surface area contributed by atoms with E-state index in [4.69, 9.17) is 0 Å². The monoisotopic (exact) mass is 414 g/mol. The van der Waals surface area contributed by atoms with Gasteiger partial charge in [0, 0.05) is 17.1 Å². The lowest BCUT2D eigenvalue weighted by Crippen LogP contribution is -2.71. The van der Waals surface area contributed by atoms with Crippen LogP contribution in [0.1, 0.15) is 51.2 Å². The van der Waals surface area contributed by atoms with E-state index in [1.807, 2.05) is 26.0 Å². The summed E-state index contributed by atoms with van der Waals surface area (Å²) >= 11 is 1.68. The fourth-order valence-corrected chi connectivity index (χ4v) is 6.40. The highest BCUT2D eigenvalue weighted by Gasteiger charge is 2.67. The average Bonchev–Trinajstić information content (AvgIpc) is 3.33. The van der Waals surface area contributed by atoms with Gasteiger partial charge in [-0.25, -0.2) is 5.10 Å². The molecule has 2 N–H and O–H groups in total. The molecule has 2 aromatic rings. The number of thioether (sulfide) groups is 1.